The molecular formula is C11H18Cl2N2O2. The zero-order valence-corrected chi connectivity index (χ0v) is 12.5. The van der Waals surface area contributed by atoms with Gasteiger partial charge in [-0.25, -0.2) is 0 Å². The second-order valence-electron chi connectivity index (χ2n) is 6.13. The van der Waals surface area contributed by atoms with E-state index in [-0.39, 0.29) is 0 Å². The molecule has 0 saturated carbocycles. The molecule has 2 amide bonds. The first kappa shape index (κ1) is 14.6. The van der Waals surface area contributed by atoms with Crippen molar-refractivity contribution in [2.45, 2.75) is 57.2 Å². The molecule has 1 rings (SSSR count). The molecule has 1 heterocycles. The van der Waals surface area contributed by atoms with Gasteiger partial charge in [0.05, 0.1) is 0 Å². The Balaban J connectivity index is 3.34. The number of carbonyl (C=O) groups excluding carboxylic acids is 2. The van der Waals surface area contributed by atoms with Crippen molar-refractivity contribution in [1.29, 1.82) is 0 Å². The molecular weight excluding hydrogens is 263 g/mol. The van der Waals surface area contributed by atoms with E-state index in [1.165, 1.54) is 9.80 Å². The molecule has 17 heavy (non-hydrogen) atoms. The predicted octanol–water partition coefficient (Wildman–Crippen LogP) is 2.34. The van der Waals surface area contributed by atoms with Gasteiger partial charge in [-0.15, -0.1) is 0 Å². The summed E-state index contributed by atoms with van der Waals surface area (Å²) in [7, 11) is 0. The molecule has 1 aliphatic rings. The Morgan fingerprint density at radius 2 is 1.06 bits per heavy atom. The quantitative estimate of drug-likeness (QED) is 0.388. The number of carbonyl (C=O) groups is 2. The summed E-state index contributed by atoms with van der Waals surface area (Å²) in [4.78, 5) is 26.4. The zero-order valence-electron chi connectivity index (χ0n) is 11.0. The van der Waals surface area contributed by atoms with E-state index in [1.54, 1.807) is 41.5 Å². The molecule has 0 radical (unpaired) electrons. The monoisotopic (exact) mass is 280 g/mol. The highest BCUT2D eigenvalue weighted by Gasteiger charge is 2.61. The molecule has 0 N–H and O–H groups in total. The second-order valence-corrected chi connectivity index (χ2v) is 7.38. The van der Waals surface area contributed by atoms with Gasteiger partial charge in [-0.3, -0.25) is 19.4 Å². The molecule has 6 heteroatoms. The van der Waals surface area contributed by atoms with Crippen LogP contribution >= 0.6 is 23.2 Å². The van der Waals surface area contributed by atoms with Crippen LogP contribution in [0.4, 0.5) is 0 Å². The standard InChI is InChI=1S/C11H18Cl2N2O2/c1-9(2,3)14-7(16)8(17)15(10(4,5)6)11(14,12)13/h1-6H3. The van der Waals surface area contributed by atoms with Crippen LogP contribution in [0.1, 0.15) is 41.5 Å². The number of hydrogen-bond donors (Lipinski definition) is 0. The molecule has 98 valence electrons. The number of nitrogens with zero attached hydrogens (tertiary/aromatic N) is 2. The second kappa shape index (κ2) is 3.75. The van der Waals surface area contributed by atoms with Crippen LogP contribution in [0.3, 0.4) is 0 Å². The maximum absolute atomic E-state index is 12.0. The first-order valence-corrected chi connectivity index (χ1v) is 6.13. The van der Waals surface area contributed by atoms with Gasteiger partial charge in [-0.1, -0.05) is 23.2 Å². The molecule has 0 spiro atoms. The average molecular weight is 281 g/mol. The van der Waals surface area contributed by atoms with Crippen molar-refractivity contribution in [3.8, 4) is 0 Å². The fourth-order valence-electron chi connectivity index (χ4n) is 1.95. The summed E-state index contributed by atoms with van der Waals surface area (Å²) < 4.78 is -1.65. The lowest BCUT2D eigenvalue weighted by Crippen LogP contribution is -2.57. The summed E-state index contributed by atoms with van der Waals surface area (Å²) in [5.74, 6) is -1.34. The van der Waals surface area contributed by atoms with Crippen molar-refractivity contribution in [2.75, 3.05) is 0 Å². The van der Waals surface area contributed by atoms with E-state index in [0.717, 1.165) is 0 Å². The lowest BCUT2D eigenvalue weighted by Gasteiger charge is -2.44. The van der Waals surface area contributed by atoms with Gasteiger partial charge in [0.15, 0.2) is 0 Å². The van der Waals surface area contributed by atoms with Crippen LogP contribution in [0.2, 0.25) is 0 Å². The van der Waals surface area contributed by atoms with Gasteiger partial charge in [0.25, 0.3) is 4.58 Å². The fraction of sp³-hybridized carbons (Fsp3) is 0.818. The van der Waals surface area contributed by atoms with Crippen molar-refractivity contribution >= 4 is 35.0 Å². The van der Waals surface area contributed by atoms with Crippen LogP contribution in [0.15, 0.2) is 0 Å². The van der Waals surface area contributed by atoms with Gasteiger partial charge < -0.3 is 0 Å². The van der Waals surface area contributed by atoms with Gasteiger partial charge in [0, 0.05) is 11.1 Å². The Bertz CT molecular complexity index is 333. The van der Waals surface area contributed by atoms with Crippen molar-refractivity contribution in [3.05, 3.63) is 0 Å². The average Bonchev–Trinajstić information content (AvgIpc) is 2.13. The SMILES string of the molecule is CC(C)(C)N1C(=O)C(=O)N(C(C)(C)C)C1(Cl)Cl. The van der Waals surface area contributed by atoms with Crippen LogP contribution < -0.4 is 0 Å². The molecule has 0 bridgehead atoms. The largest absolute Gasteiger partial charge is 0.316 e. The summed E-state index contributed by atoms with van der Waals surface area (Å²) in [5.41, 5.74) is -1.26. The molecule has 0 unspecified atom stereocenters. The lowest BCUT2D eigenvalue weighted by molar-refractivity contribution is -0.146. The van der Waals surface area contributed by atoms with Gasteiger partial charge in [-0.05, 0) is 41.5 Å². The van der Waals surface area contributed by atoms with Crippen molar-refractivity contribution in [3.63, 3.8) is 0 Å². The normalized spacial score (nSPS) is 21.4. The van der Waals surface area contributed by atoms with E-state index in [4.69, 9.17) is 23.2 Å². The molecule has 0 atom stereocenters. The van der Waals surface area contributed by atoms with E-state index >= 15 is 0 Å². The van der Waals surface area contributed by atoms with Crippen LogP contribution in [0.5, 0.6) is 0 Å². The molecule has 1 saturated heterocycles. The predicted molar refractivity (Wildman–Crippen MR) is 67.6 cm³/mol. The molecule has 0 aromatic carbocycles. The third-order valence-corrected chi connectivity index (χ3v) is 3.14. The number of rotatable bonds is 0. The first-order chi connectivity index (χ1) is 7.31. The molecule has 0 aromatic rings. The molecule has 1 fully saturated rings. The van der Waals surface area contributed by atoms with Gasteiger partial charge in [0.2, 0.25) is 0 Å². The van der Waals surface area contributed by atoms with E-state index in [1.807, 2.05) is 0 Å². The Hall–Kier alpha value is -0.480. The third-order valence-electron chi connectivity index (χ3n) is 2.47. The lowest BCUT2D eigenvalue weighted by atomic mass is 10.1. The van der Waals surface area contributed by atoms with Gasteiger partial charge in [0.1, 0.15) is 0 Å². The van der Waals surface area contributed by atoms with Crippen LogP contribution in [0.25, 0.3) is 0 Å². The Morgan fingerprint density at radius 3 is 1.18 bits per heavy atom. The highest BCUT2D eigenvalue weighted by Crippen LogP contribution is 2.44. The zero-order chi connectivity index (χ0) is 13.8. The summed E-state index contributed by atoms with van der Waals surface area (Å²) in [6.45, 7) is 10.7. The highest BCUT2D eigenvalue weighted by atomic mass is 35.5. The minimum absolute atomic E-state index is 0.629. The summed E-state index contributed by atoms with van der Waals surface area (Å²) in [5, 5.41) is 0. The topological polar surface area (TPSA) is 40.6 Å². The van der Waals surface area contributed by atoms with Crippen LogP contribution in [0, 0.1) is 0 Å². The van der Waals surface area contributed by atoms with E-state index in [0.29, 0.717) is 0 Å². The van der Waals surface area contributed by atoms with Crippen LogP contribution in [-0.4, -0.2) is 37.3 Å². The van der Waals surface area contributed by atoms with Gasteiger partial charge >= 0.3 is 11.8 Å². The van der Waals surface area contributed by atoms with Crippen molar-refractivity contribution in [2.24, 2.45) is 0 Å². The van der Waals surface area contributed by atoms with Crippen molar-refractivity contribution in [1.82, 2.24) is 9.80 Å². The number of alkyl halides is 2. The Kier molecular flexibility index (Phi) is 3.22. The Labute approximate surface area is 112 Å². The van der Waals surface area contributed by atoms with Crippen molar-refractivity contribution < 1.29 is 9.59 Å². The minimum Gasteiger partial charge on any atom is -0.280 e. The Morgan fingerprint density at radius 1 is 0.824 bits per heavy atom. The fourth-order valence-corrected chi connectivity index (χ4v) is 3.27. The van der Waals surface area contributed by atoms with Gasteiger partial charge in [-0.2, -0.15) is 0 Å². The highest BCUT2D eigenvalue weighted by molar-refractivity contribution is 6.55. The third kappa shape index (κ3) is 2.25. The van der Waals surface area contributed by atoms with E-state index < -0.39 is 27.5 Å². The molecule has 4 nitrogen and oxygen atoms in total. The molecule has 1 aliphatic heterocycles. The van der Waals surface area contributed by atoms with Crippen LogP contribution in [-0.2, 0) is 9.59 Å². The first-order valence-electron chi connectivity index (χ1n) is 5.38. The molecule has 0 aliphatic carbocycles. The summed E-state index contributed by atoms with van der Waals surface area (Å²) in [6.07, 6.45) is 0. The number of amides is 2. The maximum atomic E-state index is 12.0. The van der Waals surface area contributed by atoms with E-state index in [2.05, 4.69) is 0 Å². The number of halogens is 2. The maximum Gasteiger partial charge on any atom is 0.316 e. The molecule has 0 aromatic heterocycles. The van der Waals surface area contributed by atoms with E-state index in [9.17, 15) is 9.59 Å². The minimum atomic E-state index is -1.65. The smallest absolute Gasteiger partial charge is 0.280 e. The summed E-state index contributed by atoms with van der Waals surface area (Å²) in [6, 6.07) is 0. The number of hydrogen-bond acceptors (Lipinski definition) is 2. The summed E-state index contributed by atoms with van der Waals surface area (Å²) >= 11 is 12.5.